The molecule has 0 unspecified atom stereocenters. The van der Waals surface area contributed by atoms with E-state index in [-0.39, 0.29) is 18.5 Å². The van der Waals surface area contributed by atoms with Gasteiger partial charge in [-0.3, -0.25) is 4.79 Å². The molecule has 0 bridgehead atoms. The fourth-order valence-corrected chi connectivity index (χ4v) is 2.74. The summed E-state index contributed by atoms with van der Waals surface area (Å²) in [5, 5.41) is 13.4. The number of hydrogen-bond acceptors (Lipinski definition) is 4. The average Bonchev–Trinajstić information content (AvgIpc) is 2.58. The van der Waals surface area contributed by atoms with Gasteiger partial charge in [-0.25, -0.2) is 4.79 Å². The predicted octanol–water partition coefficient (Wildman–Crippen LogP) is 1.88. The molecule has 25 heavy (non-hydrogen) atoms. The number of carbonyl (C=O) groups is 2. The third kappa shape index (κ3) is 7.89. The minimum atomic E-state index is -0.250. The number of piperidine rings is 1. The Hall–Kier alpha value is -2.28. The number of carbonyl (C=O) groups excluding carboxylic acids is 1. The largest absolute Gasteiger partial charge is 0.483 e. The zero-order valence-electron chi connectivity index (χ0n) is 15.1. The molecule has 1 heterocycles. The predicted molar refractivity (Wildman–Crippen MR) is 99.8 cm³/mol. The Bertz CT molecular complexity index is 512. The molecule has 7 heteroatoms. The quantitative estimate of drug-likeness (QED) is 0.607. The van der Waals surface area contributed by atoms with E-state index in [4.69, 9.17) is 15.6 Å². The Morgan fingerprint density at radius 2 is 1.88 bits per heavy atom. The molecule has 1 fully saturated rings. The number of anilines is 1. The topological polar surface area (TPSA) is 108 Å². The molecule has 1 aromatic carbocycles. The van der Waals surface area contributed by atoms with E-state index in [0.717, 1.165) is 38.0 Å². The second-order valence-corrected chi connectivity index (χ2v) is 6.35. The highest BCUT2D eigenvalue weighted by Gasteiger charge is 2.22. The molecule has 0 spiro atoms. The summed E-state index contributed by atoms with van der Waals surface area (Å²) in [6.07, 6.45) is 2.88. The fourth-order valence-electron chi connectivity index (χ4n) is 2.74. The number of nitrogens with two attached hydrogens (primary N) is 1. The third-order valence-corrected chi connectivity index (χ3v) is 3.95. The lowest BCUT2D eigenvalue weighted by molar-refractivity contribution is -0.122. The van der Waals surface area contributed by atoms with E-state index in [0.29, 0.717) is 12.6 Å². The number of urea groups is 1. The zero-order valence-corrected chi connectivity index (χ0v) is 15.1. The summed E-state index contributed by atoms with van der Waals surface area (Å²) >= 11 is 0. The van der Waals surface area contributed by atoms with Gasteiger partial charge in [-0.15, -0.1) is 0 Å². The molecule has 1 saturated heterocycles. The summed E-state index contributed by atoms with van der Waals surface area (Å²) in [4.78, 5) is 22.2. The lowest BCUT2D eigenvalue weighted by Crippen LogP contribution is -2.48. The first-order valence-corrected chi connectivity index (χ1v) is 8.69. The SMILES string of the molecule is CC(C)NC(=O)N1CCC(Nc2ccc(CCN)cc2)CC1.O=CO. The van der Waals surface area contributed by atoms with Gasteiger partial charge in [0.15, 0.2) is 0 Å². The first kappa shape index (κ1) is 20.8. The molecule has 1 aliphatic heterocycles. The molecule has 2 rings (SSSR count). The van der Waals surface area contributed by atoms with Gasteiger partial charge in [0.05, 0.1) is 0 Å². The van der Waals surface area contributed by atoms with Crippen LogP contribution in [-0.4, -0.2) is 54.2 Å². The molecule has 140 valence electrons. The van der Waals surface area contributed by atoms with Crippen molar-refractivity contribution in [1.82, 2.24) is 10.2 Å². The summed E-state index contributed by atoms with van der Waals surface area (Å²) in [5.41, 5.74) is 7.98. The maximum Gasteiger partial charge on any atom is 0.317 e. The van der Waals surface area contributed by atoms with Gasteiger partial charge >= 0.3 is 6.03 Å². The number of carboxylic acid groups (broad SMARTS) is 1. The van der Waals surface area contributed by atoms with Crippen LogP contribution in [-0.2, 0) is 11.2 Å². The lowest BCUT2D eigenvalue weighted by atomic mass is 10.0. The van der Waals surface area contributed by atoms with Crippen molar-refractivity contribution < 1.29 is 14.7 Å². The standard InChI is InChI=1S/C17H28N4O.CH2O2/c1-13(2)19-17(22)21-11-8-16(9-12-21)20-15-5-3-14(4-6-15)7-10-18;2-1-3/h3-6,13,16,20H,7-12,18H2,1-2H3,(H,19,22);1H,(H,2,3). The molecule has 0 aromatic heterocycles. The number of likely N-dealkylation sites (tertiary alicyclic amines) is 1. The molecular formula is C18H30N4O3. The second kappa shape index (κ2) is 11.3. The Labute approximate surface area is 149 Å². The van der Waals surface area contributed by atoms with Crippen molar-refractivity contribution in [3.05, 3.63) is 29.8 Å². The molecule has 0 radical (unpaired) electrons. The summed E-state index contributed by atoms with van der Waals surface area (Å²) in [7, 11) is 0. The van der Waals surface area contributed by atoms with E-state index in [9.17, 15) is 4.79 Å². The third-order valence-electron chi connectivity index (χ3n) is 3.95. The van der Waals surface area contributed by atoms with Crippen LogP contribution in [0.4, 0.5) is 10.5 Å². The normalized spacial score (nSPS) is 14.5. The van der Waals surface area contributed by atoms with Crippen molar-refractivity contribution in [1.29, 1.82) is 0 Å². The first-order valence-electron chi connectivity index (χ1n) is 8.69. The van der Waals surface area contributed by atoms with Gasteiger partial charge in [0.25, 0.3) is 6.47 Å². The Morgan fingerprint density at radius 3 is 2.36 bits per heavy atom. The maximum atomic E-state index is 12.0. The van der Waals surface area contributed by atoms with Crippen LogP contribution in [0.5, 0.6) is 0 Å². The number of nitrogens with zero attached hydrogens (tertiary/aromatic N) is 1. The van der Waals surface area contributed by atoms with Crippen molar-refractivity contribution in [2.24, 2.45) is 5.73 Å². The molecule has 1 aliphatic rings. The van der Waals surface area contributed by atoms with Crippen LogP contribution < -0.4 is 16.4 Å². The van der Waals surface area contributed by atoms with Crippen molar-refractivity contribution in [3.8, 4) is 0 Å². The number of rotatable bonds is 5. The Morgan fingerprint density at radius 1 is 1.32 bits per heavy atom. The minimum Gasteiger partial charge on any atom is -0.483 e. The van der Waals surface area contributed by atoms with Gasteiger partial charge in [-0.05, 0) is 57.4 Å². The second-order valence-electron chi connectivity index (χ2n) is 6.35. The van der Waals surface area contributed by atoms with Crippen molar-refractivity contribution in [2.45, 2.75) is 45.2 Å². The highest BCUT2D eigenvalue weighted by molar-refractivity contribution is 5.74. The van der Waals surface area contributed by atoms with Crippen LogP contribution >= 0.6 is 0 Å². The van der Waals surface area contributed by atoms with E-state index in [1.165, 1.54) is 5.56 Å². The van der Waals surface area contributed by atoms with Crippen LogP contribution in [0.15, 0.2) is 24.3 Å². The molecule has 5 N–H and O–H groups in total. The molecule has 2 amide bonds. The van der Waals surface area contributed by atoms with Crippen LogP contribution in [0.25, 0.3) is 0 Å². The fraction of sp³-hybridized carbons (Fsp3) is 0.556. The van der Waals surface area contributed by atoms with Crippen LogP contribution in [0, 0.1) is 0 Å². The number of hydrogen-bond donors (Lipinski definition) is 4. The van der Waals surface area contributed by atoms with E-state index in [1.807, 2.05) is 18.7 Å². The minimum absolute atomic E-state index is 0.0552. The Balaban J connectivity index is 0.000000970. The van der Waals surface area contributed by atoms with E-state index in [1.54, 1.807) is 0 Å². The summed E-state index contributed by atoms with van der Waals surface area (Å²) in [6, 6.07) is 9.16. The number of nitrogens with one attached hydrogen (secondary N) is 2. The monoisotopic (exact) mass is 350 g/mol. The summed E-state index contributed by atoms with van der Waals surface area (Å²) < 4.78 is 0. The smallest absolute Gasteiger partial charge is 0.317 e. The van der Waals surface area contributed by atoms with Gasteiger partial charge in [-0.1, -0.05) is 12.1 Å². The highest BCUT2D eigenvalue weighted by atomic mass is 16.3. The maximum absolute atomic E-state index is 12.0. The van der Waals surface area contributed by atoms with E-state index in [2.05, 4.69) is 34.9 Å². The lowest BCUT2D eigenvalue weighted by Gasteiger charge is -2.33. The van der Waals surface area contributed by atoms with Gasteiger partial charge in [0.2, 0.25) is 0 Å². The Kier molecular flexibility index (Phi) is 9.39. The zero-order chi connectivity index (χ0) is 18.7. The van der Waals surface area contributed by atoms with Gasteiger partial charge < -0.3 is 26.4 Å². The molecule has 0 atom stereocenters. The van der Waals surface area contributed by atoms with Crippen LogP contribution in [0.2, 0.25) is 0 Å². The van der Waals surface area contributed by atoms with Gasteiger partial charge in [0, 0.05) is 30.9 Å². The highest BCUT2D eigenvalue weighted by Crippen LogP contribution is 2.17. The van der Waals surface area contributed by atoms with Gasteiger partial charge in [0.1, 0.15) is 0 Å². The molecule has 7 nitrogen and oxygen atoms in total. The van der Waals surface area contributed by atoms with E-state index >= 15 is 0 Å². The van der Waals surface area contributed by atoms with Crippen LogP contribution in [0.3, 0.4) is 0 Å². The molecular weight excluding hydrogens is 320 g/mol. The first-order chi connectivity index (χ1) is 12.0. The van der Waals surface area contributed by atoms with Crippen molar-refractivity contribution in [2.75, 3.05) is 25.0 Å². The molecule has 0 aliphatic carbocycles. The average molecular weight is 350 g/mol. The summed E-state index contributed by atoms with van der Waals surface area (Å²) in [5.74, 6) is 0. The van der Waals surface area contributed by atoms with Gasteiger partial charge in [-0.2, -0.15) is 0 Å². The number of amides is 2. The molecule has 1 aromatic rings. The number of benzene rings is 1. The van der Waals surface area contributed by atoms with Crippen LogP contribution in [0.1, 0.15) is 32.3 Å². The summed E-state index contributed by atoms with van der Waals surface area (Å²) in [6.45, 7) is 6.02. The van der Waals surface area contributed by atoms with Crippen molar-refractivity contribution in [3.63, 3.8) is 0 Å². The van der Waals surface area contributed by atoms with E-state index < -0.39 is 0 Å². The molecule has 0 saturated carbocycles. The van der Waals surface area contributed by atoms with Crippen molar-refractivity contribution >= 4 is 18.2 Å².